The number of nitrogens with one attached hydrogen (secondary N) is 2. The molecule has 0 bridgehead atoms. The molecule has 9 heteroatoms. The van der Waals surface area contributed by atoms with Gasteiger partial charge in [-0.25, -0.2) is 4.68 Å². The third kappa shape index (κ3) is 3.84. The fourth-order valence-electron chi connectivity index (χ4n) is 3.86. The second-order valence-electron chi connectivity index (χ2n) is 7.75. The molecular weight excluding hydrogens is 430 g/mol. The predicted molar refractivity (Wildman–Crippen MR) is 126 cm³/mol. The van der Waals surface area contributed by atoms with Gasteiger partial charge in [-0.3, -0.25) is 9.78 Å². The van der Waals surface area contributed by atoms with Gasteiger partial charge in [0.15, 0.2) is 5.82 Å². The number of carbonyl (C=O) groups is 1. The number of aromatic nitrogens is 4. The number of hydrogen-bond donors (Lipinski definition) is 3. The molecule has 0 saturated heterocycles. The minimum atomic E-state index is -0.584. The first-order valence-electron chi connectivity index (χ1n) is 10.5. The number of allylic oxidation sites excluding steroid dienone is 1. The van der Waals surface area contributed by atoms with E-state index in [0.717, 1.165) is 11.1 Å². The van der Waals surface area contributed by atoms with Gasteiger partial charge in [-0.15, -0.1) is 5.10 Å². The van der Waals surface area contributed by atoms with Gasteiger partial charge in [-0.1, -0.05) is 12.1 Å². The number of anilines is 2. The molecule has 2 aromatic carbocycles. The molecule has 1 aliphatic heterocycles. The summed E-state index contributed by atoms with van der Waals surface area (Å²) in [6.45, 7) is 1.81. The number of pyridine rings is 1. The summed E-state index contributed by atoms with van der Waals surface area (Å²) in [6.07, 6.45) is 3.21. The van der Waals surface area contributed by atoms with Gasteiger partial charge in [0, 0.05) is 17.5 Å². The maximum absolute atomic E-state index is 13.4. The highest BCUT2D eigenvalue weighted by atomic mass is 16.3. The Morgan fingerprint density at radius 1 is 1.15 bits per heavy atom. The molecule has 2 aromatic heterocycles. The van der Waals surface area contributed by atoms with Crippen molar-refractivity contribution in [3.63, 3.8) is 0 Å². The van der Waals surface area contributed by atoms with Gasteiger partial charge in [0.2, 0.25) is 5.95 Å². The number of phenolic OH excluding ortho intramolecular Hbond substituents is 1. The average Bonchev–Trinajstić information content (AvgIpc) is 3.27. The van der Waals surface area contributed by atoms with E-state index in [2.05, 4.69) is 26.7 Å². The van der Waals surface area contributed by atoms with E-state index in [-0.39, 0.29) is 11.7 Å². The van der Waals surface area contributed by atoms with Crippen LogP contribution in [0.15, 0.2) is 84.3 Å². The molecule has 0 saturated carbocycles. The first-order valence-corrected chi connectivity index (χ1v) is 10.5. The number of fused-ring (bicyclic) bond motifs is 1. The van der Waals surface area contributed by atoms with E-state index in [1.807, 2.05) is 19.1 Å². The molecule has 3 N–H and O–H groups in total. The van der Waals surface area contributed by atoms with E-state index >= 15 is 0 Å². The number of carbonyl (C=O) groups excluding carboxylic acids is 1. The van der Waals surface area contributed by atoms with Crippen molar-refractivity contribution in [1.82, 2.24) is 19.7 Å². The number of benzene rings is 2. The summed E-state index contributed by atoms with van der Waals surface area (Å²) in [6, 6.07) is 18.7. The van der Waals surface area contributed by atoms with Crippen LogP contribution in [0.2, 0.25) is 0 Å². The summed E-state index contributed by atoms with van der Waals surface area (Å²) in [5.41, 5.74) is 3.68. The summed E-state index contributed by atoms with van der Waals surface area (Å²) in [5, 5.41) is 29.6. The van der Waals surface area contributed by atoms with Crippen LogP contribution in [0.25, 0.3) is 11.4 Å². The van der Waals surface area contributed by atoms with Gasteiger partial charge in [-0.2, -0.15) is 10.2 Å². The lowest BCUT2D eigenvalue weighted by molar-refractivity contribution is -0.113. The Bertz CT molecular complexity index is 1430. The predicted octanol–water partition coefficient (Wildman–Crippen LogP) is 3.84. The van der Waals surface area contributed by atoms with Crippen LogP contribution in [0.4, 0.5) is 11.6 Å². The van der Waals surface area contributed by atoms with Crippen LogP contribution < -0.4 is 10.6 Å². The van der Waals surface area contributed by atoms with Crippen molar-refractivity contribution in [2.24, 2.45) is 0 Å². The van der Waals surface area contributed by atoms with Gasteiger partial charge >= 0.3 is 0 Å². The van der Waals surface area contributed by atoms with E-state index in [0.29, 0.717) is 34.3 Å². The second-order valence-corrected chi connectivity index (χ2v) is 7.75. The molecule has 1 unspecified atom stereocenters. The molecule has 9 nitrogen and oxygen atoms in total. The minimum absolute atomic E-state index is 0.146. The van der Waals surface area contributed by atoms with Crippen molar-refractivity contribution < 1.29 is 9.90 Å². The number of rotatable bonds is 4. The number of aromatic hydroxyl groups is 1. The zero-order valence-corrected chi connectivity index (χ0v) is 18.1. The van der Waals surface area contributed by atoms with E-state index in [1.165, 1.54) is 0 Å². The lowest BCUT2D eigenvalue weighted by Gasteiger charge is -2.28. The largest absolute Gasteiger partial charge is 0.508 e. The molecule has 0 radical (unpaired) electrons. The van der Waals surface area contributed by atoms with Crippen LogP contribution in [0.3, 0.4) is 0 Å². The average molecular weight is 449 g/mol. The molecule has 34 heavy (non-hydrogen) atoms. The maximum Gasteiger partial charge on any atom is 0.255 e. The molecule has 166 valence electrons. The summed E-state index contributed by atoms with van der Waals surface area (Å²) in [7, 11) is 0. The molecular formula is C25H19N7O2. The Morgan fingerprint density at radius 2 is 1.91 bits per heavy atom. The quantitative estimate of drug-likeness (QED) is 0.432. The number of phenols is 1. The first kappa shape index (κ1) is 20.9. The molecule has 0 fully saturated rings. The maximum atomic E-state index is 13.4. The SMILES string of the molecule is CC1=C(C(=O)Nc2cccnc2)C(c2ccc(C#N)cc2)n2nc(-c3ccc(O)cc3)nc2N1. The van der Waals surface area contributed by atoms with Crippen molar-refractivity contribution in [3.8, 4) is 23.2 Å². The lowest BCUT2D eigenvalue weighted by atomic mass is 9.94. The second kappa shape index (κ2) is 8.52. The minimum Gasteiger partial charge on any atom is -0.508 e. The Hall–Kier alpha value is -4.97. The first-order chi connectivity index (χ1) is 16.5. The highest BCUT2D eigenvalue weighted by Crippen LogP contribution is 2.37. The molecule has 0 aliphatic carbocycles. The summed E-state index contributed by atoms with van der Waals surface area (Å²) in [5.74, 6) is 0.767. The highest BCUT2D eigenvalue weighted by Gasteiger charge is 2.34. The van der Waals surface area contributed by atoms with Crippen molar-refractivity contribution in [2.45, 2.75) is 13.0 Å². The Labute approximate surface area is 195 Å². The van der Waals surface area contributed by atoms with Crippen molar-refractivity contribution in [1.29, 1.82) is 5.26 Å². The zero-order valence-electron chi connectivity index (χ0n) is 18.1. The van der Waals surface area contributed by atoms with Gasteiger partial charge in [0.1, 0.15) is 11.8 Å². The van der Waals surface area contributed by atoms with E-state index < -0.39 is 6.04 Å². The van der Waals surface area contributed by atoms with E-state index in [1.54, 1.807) is 65.6 Å². The number of hydrogen-bond acceptors (Lipinski definition) is 7. The van der Waals surface area contributed by atoms with Crippen molar-refractivity contribution in [2.75, 3.05) is 10.6 Å². The topological polar surface area (TPSA) is 129 Å². The van der Waals surface area contributed by atoms with Gasteiger partial charge in [0.25, 0.3) is 5.91 Å². The van der Waals surface area contributed by atoms with Gasteiger partial charge in [-0.05, 0) is 61.0 Å². The fourth-order valence-corrected chi connectivity index (χ4v) is 3.86. The fraction of sp³-hybridized carbons (Fsp3) is 0.0800. The molecule has 4 aromatic rings. The van der Waals surface area contributed by atoms with Gasteiger partial charge in [0.05, 0.1) is 29.1 Å². The Kier molecular flexibility index (Phi) is 5.24. The summed E-state index contributed by atoms with van der Waals surface area (Å²) >= 11 is 0. The highest BCUT2D eigenvalue weighted by molar-refractivity contribution is 6.05. The smallest absolute Gasteiger partial charge is 0.255 e. The number of amides is 1. The number of nitriles is 1. The molecule has 5 rings (SSSR count). The third-order valence-corrected chi connectivity index (χ3v) is 5.50. The lowest BCUT2D eigenvalue weighted by Crippen LogP contribution is -2.31. The zero-order chi connectivity index (χ0) is 23.7. The molecule has 0 spiro atoms. The Morgan fingerprint density at radius 3 is 2.59 bits per heavy atom. The standard InChI is InChI=1S/C25H19N7O2/c1-15-21(24(34)29-19-3-2-12-27-14-19)22(17-6-4-16(13-26)5-7-17)32-25(28-15)30-23(31-32)18-8-10-20(33)11-9-18/h2-12,14,22,33H,1H3,(H,29,34)(H,28,30,31). The summed E-state index contributed by atoms with van der Waals surface area (Å²) in [4.78, 5) is 22.1. The van der Waals surface area contributed by atoms with Crippen LogP contribution in [-0.4, -0.2) is 30.8 Å². The van der Waals surface area contributed by atoms with Crippen LogP contribution in [0.1, 0.15) is 24.1 Å². The van der Waals surface area contributed by atoms with Crippen LogP contribution in [-0.2, 0) is 4.79 Å². The molecule has 1 amide bonds. The number of nitrogens with zero attached hydrogens (tertiary/aromatic N) is 5. The molecule has 1 atom stereocenters. The molecule has 1 aliphatic rings. The Balaban J connectivity index is 1.60. The monoisotopic (exact) mass is 449 g/mol. The molecule has 3 heterocycles. The van der Waals surface area contributed by atoms with Gasteiger partial charge < -0.3 is 15.7 Å². The van der Waals surface area contributed by atoms with Crippen LogP contribution in [0, 0.1) is 11.3 Å². The van der Waals surface area contributed by atoms with Crippen LogP contribution >= 0.6 is 0 Å². The van der Waals surface area contributed by atoms with E-state index in [4.69, 9.17) is 5.10 Å². The third-order valence-electron chi connectivity index (χ3n) is 5.50. The van der Waals surface area contributed by atoms with Crippen LogP contribution in [0.5, 0.6) is 5.75 Å². The normalized spacial score (nSPS) is 14.6. The van der Waals surface area contributed by atoms with E-state index in [9.17, 15) is 15.2 Å². The van der Waals surface area contributed by atoms with Crippen molar-refractivity contribution in [3.05, 3.63) is 95.5 Å². The van der Waals surface area contributed by atoms with Crippen molar-refractivity contribution >= 4 is 17.5 Å². The summed E-state index contributed by atoms with van der Waals surface area (Å²) < 4.78 is 1.66.